The highest BCUT2D eigenvalue weighted by molar-refractivity contribution is 5.15. The fourth-order valence-electron chi connectivity index (χ4n) is 2.86. The Kier molecular flexibility index (Phi) is 6.54. The van der Waals surface area contributed by atoms with Gasteiger partial charge in [-0.2, -0.15) is 0 Å². The van der Waals surface area contributed by atoms with Crippen molar-refractivity contribution in [3.63, 3.8) is 0 Å². The molecule has 7 heteroatoms. The van der Waals surface area contributed by atoms with Gasteiger partial charge in [-0.15, -0.1) is 0 Å². The molecule has 142 valence electrons. The van der Waals surface area contributed by atoms with Gasteiger partial charge in [-0.25, -0.2) is 0 Å². The Balaban J connectivity index is 1.78. The fraction of sp³-hybridized carbons (Fsp3) is 0.300. The molecule has 0 saturated heterocycles. The van der Waals surface area contributed by atoms with E-state index in [0.29, 0.717) is 0 Å². The summed E-state index contributed by atoms with van der Waals surface area (Å²) in [5.41, 5.74) is 1.57. The van der Waals surface area contributed by atoms with Gasteiger partial charge >= 0.3 is 5.70 Å². The van der Waals surface area contributed by atoms with Gasteiger partial charge in [-0.3, -0.25) is 10.1 Å². The van der Waals surface area contributed by atoms with E-state index in [1.54, 1.807) is 0 Å². The predicted molar refractivity (Wildman–Crippen MR) is 97.1 cm³/mol. The van der Waals surface area contributed by atoms with E-state index in [1.165, 1.54) is 0 Å². The maximum atomic E-state index is 11.5. The summed E-state index contributed by atoms with van der Waals surface area (Å²) in [6.07, 6.45) is -1.49. The highest BCUT2D eigenvalue weighted by Crippen LogP contribution is 2.27. The largest absolute Gasteiger partial charge is 0.486 e. The summed E-state index contributed by atoms with van der Waals surface area (Å²) in [6, 6.07) is 18.8. The number of rotatable bonds is 8. The average Bonchev–Trinajstić information content (AvgIpc) is 2.71. The summed E-state index contributed by atoms with van der Waals surface area (Å²) in [7, 11) is 0. The van der Waals surface area contributed by atoms with Crippen LogP contribution in [0.2, 0.25) is 0 Å². The number of ether oxygens (including phenoxy) is 3. The lowest BCUT2D eigenvalue weighted by atomic mass is 10.0. The number of benzene rings is 2. The first-order valence-electron chi connectivity index (χ1n) is 8.61. The second-order valence-electron chi connectivity index (χ2n) is 6.14. The van der Waals surface area contributed by atoms with Gasteiger partial charge in [-0.1, -0.05) is 60.7 Å². The third-order valence-corrected chi connectivity index (χ3v) is 4.27. The van der Waals surface area contributed by atoms with Gasteiger partial charge < -0.3 is 19.3 Å². The van der Waals surface area contributed by atoms with E-state index in [4.69, 9.17) is 14.2 Å². The van der Waals surface area contributed by atoms with Gasteiger partial charge in [0, 0.05) is 0 Å². The fourth-order valence-corrected chi connectivity index (χ4v) is 2.86. The van der Waals surface area contributed by atoms with Crippen LogP contribution in [0.1, 0.15) is 11.1 Å². The van der Waals surface area contributed by atoms with E-state index >= 15 is 0 Å². The monoisotopic (exact) mass is 371 g/mol. The number of aliphatic hydroxyl groups excluding tert-OH is 1. The molecule has 3 rings (SSSR count). The van der Waals surface area contributed by atoms with Crippen molar-refractivity contribution in [2.24, 2.45) is 0 Å². The minimum absolute atomic E-state index is 0.181. The molecule has 1 aliphatic rings. The molecule has 0 amide bonds. The van der Waals surface area contributed by atoms with Crippen LogP contribution in [0.25, 0.3) is 0 Å². The van der Waals surface area contributed by atoms with Crippen LogP contribution in [-0.2, 0) is 27.4 Å². The standard InChI is InChI=1S/C20H21NO6/c22-11-18-20(27-13-16-9-5-2-6-10-16)19(17(14-25-18)21(23)24)26-12-15-7-3-1-4-8-15/h1-10,14,18-20,22H,11-13H2/t18-,19-,20+/m1/s1. The van der Waals surface area contributed by atoms with Crippen LogP contribution in [-0.4, -0.2) is 34.9 Å². The minimum Gasteiger partial charge on any atom is -0.486 e. The van der Waals surface area contributed by atoms with Crippen LogP contribution in [0.4, 0.5) is 0 Å². The zero-order chi connectivity index (χ0) is 19.1. The van der Waals surface area contributed by atoms with Crippen molar-refractivity contribution >= 4 is 0 Å². The van der Waals surface area contributed by atoms with Crippen LogP contribution < -0.4 is 0 Å². The zero-order valence-electron chi connectivity index (χ0n) is 14.6. The van der Waals surface area contributed by atoms with Crippen molar-refractivity contribution in [2.45, 2.75) is 31.5 Å². The lowest BCUT2D eigenvalue weighted by Gasteiger charge is -2.33. The van der Waals surface area contributed by atoms with Crippen LogP contribution in [0.3, 0.4) is 0 Å². The molecule has 1 N–H and O–H groups in total. The highest BCUT2D eigenvalue weighted by atomic mass is 16.6. The second-order valence-corrected chi connectivity index (χ2v) is 6.14. The van der Waals surface area contributed by atoms with Crippen molar-refractivity contribution < 1.29 is 24.2 Å². The lowest BCUT2D eigenvalue weighted by Crippen LogP contribution is -2.49. The van der Waals surface area contributed by atoms with Crippen LogP contribution in [0.15, 0.2) is 72.6 Å². The molecule has 0 aliphatic carbocycles. The predicted octanol–water partition coefficient (Wildman–Crippen LogP) is 2.67. The van der Waals surface area contributed by atoms with Crippen LogP contribution >= 0.6 is 0 Å². The normalized spacial score (nSPS) is 22.0. The Morgan fingerprint density at radius 1 is 0.963 bits per heavy atom. The molecule has 0 radical (unpaired) electrons. The summed E-state index contributed by atoms with van der Waals surface area (Å²) in [4.78, 5) is 10.9. The molecule has 1 aliphatic heterocycles. The molecule has 0 bridgehead atoms. The first-order valence-corrected chi connectivity index (χ1v) is 8.61. The van der Waals surface area contributed by atoms with Crippen LogP contribution in [0.5, 0.6) is 0 Å². The summed E-state index contributed by atoms with van der Waals surface area (Å²) in [6.45, 7) is 0.0632. The Morgan fingerprint density at radius 3 is 2.04 bits per heavy atom. The van der Waals surface area contributed by atoms with Gasteiger partial charge in [-0.05, 0) is 11.1 Å². The Morgan fingerprint density at radius 2 is 1.52 bits per heavy atom. The topological polar surface area (TPSA) is 91.1 Å². The quantitative estimate of drug-likeness (QED) is 0.567. The second kappa shape index (κ2) is 9.27. The third kappa shape index (κ3) is 4.91. The highest BCUT2D eigenvalue weighted by Gasteiger charge is 2.44. The van der Waals surface area contributed by atoms with Gasteiger partial charge in [0.1, 0.15) is 6.10 Å². The smallest absolute Gasteiger partial charge is 0.311 e. The van der Waals surface area contributed by atoms with E-state index < -0.39 is 23.2 Å². The minimum atomic E-state index is -0.963. The molecule has 7 nitrogen and oxygen atoms in total. The number of aliphatic hydroxyl groups is 1. The Labute approximate surface area is 157 Å². The number of nitro groups is 1. The van der Waals surface area contributed by atoms with Gasteiger partial charge in [0.15, 0.2) is 18.5 Å². The lowest BCUT2D eigenvalue weighted by molar-refractivity contribution is -0.447. The van der Waals surface area contributed by atoms with E-state index in [9.17, 15) is 15.2 Å². The van der Waals surface area contributed by atoms with E-state index in [0.717, 1.165) is 17.4 Å². The number of hydrogen-bond acceptors (Lipinski definition) is 6. The molecule has 2 aromatic rings. The van der Waals surface area contributed by atoms with Gasteiger partial charge in [0.2, 0.25) is 0 Å². The average molecular weight is 371 g/mol. The molecule has 1 heterocycles. The Bertz CT molecular complexity index is 765. The molecule has 0 unspecified atom stereocenters. The summed E-state index contributed by atoms with van der Waals surface area (Å²) in [5, 5.41) is 21.1. The molecule has 0 saturated carbocycles. The van der Waals surface area contributed by atoms with Gasteiger partial charge in [0.25, 0.3) is 0 Å². The summed E-state index contributed by atoms with van der Waals surface area (Å²) < 4.78 is 17.1. The maximum Gasteiger partial charge on any atom is 0.311 e. The van der Waals surface area contributed by atoms with Crippen molar-refractivity contribution in [1.82, 2.24) is 0 Å². The first kappa shape index (κ1) is 19.0. The SMILES string of the molecule is O=[N+]([O-])C1=CO[C@H](CO)[C@H](OCc2ccccc2)[C@@H]1OCc1ccccc1. The summed E-state index contributed by atoms with van der Waals surface area (Å²) >= 11 is 0. The molecular weight excluding hydrogens is 350 g/mol. The molecule has 3 atom stereocenters. The van der Waals surface area contributed by atoms with Crippen molar-refractivity contribution in [2.75, 3.05) is 6.61 Å². The maximum absolute atomic E-state index is 11.5. The van der Waals surface area contributed by atoms with E-state index in [2.05, 4.69) is 0 Å². The van der Waals surface area contributed by atoms with Crippen molar-refractivity contribution in [3.05, 3.63) is 93.9 Å². The van der Waals surface area contributed by atoms with Gasteiger partial charge in [0.05, 0.1) is 24.7 Å². The molecule has 0 fully saturated rings. The van der Waals surface area contributed by atoms with E-state index in [1.807, 2.05) is 60.7 Å². The van der Waals surface area contributed by atoms with E-state index in [-0.39, 0.29) is 25.5 Å². The van der Waals surface area contributed by atoms with Crippen LogP contribution in [0, 0.1) is 10.1 Å². The van der Waals surface area contributed by atoms with Crippen molar-refractivity contribution in [1.29, 1.82) is 0 Å². The molecule has 2 aromatic carbocycles. The molecular formula is C20H21NO6. The Hall–Kier alpha value is -2.74. The zero-order valence-corrected chi connectivity index (χ0v) is 14.6. The number of nitrogens with zero attached hydrogens (tertiary/aromatic N) is 1. The van der Waals surface area contributed by atoms with Crippen molar-refractivity contribution in [3.8, 4) is 0 Å². The summed E-state index contributed by atoms with van der Waals surface area (Å²) in [5.74, 6) is 0. The molecule has 0 aromatic heterocycles. The number of hydrogen-bond donors (Lipinski definition) is 1. The molecule has 0 spiro atoms. The molecule has 27 heavy (non-hydrogen) atoms. The first-order chi connectivity index (χ1) is 13.2. The third-order valence-electron chi connectivity index (χ3n) is 4.27.